The standard InChI is InChI=1S/C35H29ClN2O7S/c1-4-8-25-30(34(42)44-5-2)31(29-22-10-7-6-9-19(22)12-15-27(29)43-3)38-32(39)28(46-35(38)37-25)18-21-13-16-26(45-21)20-11-14-23(33(40)41)24(36)17-20/h6-7,9-18,31H,4-5,8H2,1-3H3,(H,40,41)/b28-18-/t31-/m0/s1. The van der Waals surface area contributed by atoms with Crippen molar-refractivity contribution < 1.29 is 28.6 Å². The van der Waals surface area contributed by atoms with Crippen LogP contribution in [0, 0.1) is 0 Å². The number of hydrogen-bond acceptors (Lipinski definition) is 8. The van der Waals surface area contributed by atoms with Crippen LogP contribution in [0.2, 0.25) is 5.02 Å². The predicted molar refractivity (Wildman–Crippen MR) is 176 cm³/mol. The molecular formula is C35H29ClN2O7S. The van der Waals surface area contributed by atoms with Crippen LogP contribution in [0.4, 0.5) is 0 Å². The van der Waals surface area contributed by atoms with Crippen molar-refractivity contribution in [1.82, 2.24) is 4.57 Å². The van der Waals surface area contributed by atoms with E-state index in [1.807, 2.05) is 43.3 Å². The number of methoxy groups -OCH3 is 1. The summed E-state index contributed by atoms with van der Waals surface area (Å²) in [6.07, 6.45) is 2.86. The van der Waals surface area contributed by atoms with Gasteiger partial charge in [-0.05, 0) is 54.4 Å². The molecule has 0 bridgehead atoms. The number of esters is 1. The number of carbonyl (C=O) groups excluding carboxylic acids is 1. The van der Waals surface area contributed by atoms with Crippen molar-refractivity contribution in [2.45, 2.75) is 32.7 Å². The molecule has 6 rings (SSSR count). The number of aromatic carboxylic acids is 1. The van der Waals surface area contributed by atoms with E-state index in [-0.39, 0.29) is 22.8 Å². The van der Waals surface area contributed by atoms with Gasteiger partial charge in [0, 0.05) is 17.2 Å². The average Bonchev–Trinajstić information content (AvgIpc) is 3.64. The Balaban J connectivity index is 1.56. The Labute approximate surface area is 272 Å². The SMILES string of the molecule is CCCC1=C(C(=O)OCC)[C@H](c2c(OC)ccc3ccccc23)n2c(s/c(=C\c3ccc(-c4ccc(C(=O)O)c(Cl)c4)o3)c2=O)=N1. The van der Waals surface area contributed by atoms with Gasteiger partial charge in [0.15, 0.2) is 4.80 Å². The van der Waals surface area contributed by atoms with Crippen molar-refractivity contribution in [2.24, 2.45) is 4.99 Å². The second kappa shape index (κ2) is 12.8. The van der Waals surface area contributed by atoms with E-state index in [0.717, 1.165) is 17.2 Å². The zero-order valence-corrected chi connectivity index (χ0v) is 26.8. The highest BCUT2D eigenvalue weighted by atomic mass is 35.5. The Morgan fingerprint density at radius 2 is 1.91 bits per heavy atom. The maximum atomic E-state index is 14.3. The van der Waals surface area contributed by atoms with Crippen molar-refractivity contribution in [3.8, 4) is 17.1 Å². The van der Waals surface area contributed by atoms with Crippen molar-refractivity contribution in [2.75, 3.05) is 13.7 Å². The molecule has 5 aromatic rings. The minimum Gasteiger partial charge on any atom is -0.496 e. The van der Waals surface area contributed by atoms with Gasteiger partial charge in [0.25, 0.3) is 5.56 Å². The highest BCUT2D eigenvalue weighted by Crippen LogP contribution is 2.41. The lowest BCUT2D eigenvalue weighted by molar-refractivity contribution is -0.139. The lowest BCUT2D eigenvalue weighted by atomic mass is 9.90. The molecule has 0 fully saturated rings. The van der Waals surface area contributed by atoms with Gasteiger partial charge in [0.2, 0.25) is 0 Å². The first-order chi connectivity index (χ1) is 22.2. The van der Waals surface area contributed by atoms with Crippen LogP contribution in [0.25, 0.3) is 28.2 Å². The molecule has 11 heteroatoms. The molecule has 2 aromatic heterocycles. The Hall–Kier alpha value is -4.93. The van der Waals surface area contributed by atoms with Crippen LogP contribution in [-0.4, -0.2) is 35.3 Å². The number of nitrogens with zero attached hydrogens (tertiary/aromatic N) is 2. The summed E-state index contributed by atoms with van der Waals surface area (Å²) in [5.74, 6) is -0.282. The molecule has 0 saturated heterocycles. The smallest absolute Gasteiger partial charge is 0.338 e. The number of carboxylic acid groups (broad SMARTS) is 1. The molecule has 0 radical (unpaired) electrons. The molecule has 9 nitrogen and oxygen atoms in total. The van der Waals surface area contributed by atoms with E-state index in [0.29, 0.717) is 55.4 Å². The number of fused-ring (bicyclic) bond motifs is 2. The van der Waals surface area contributed by atoms with Crippen molar-refractivity contribution >= 4 is 51.7 Å². The molecule has 3 heterocycles. The normalized spacial score (nSPS) is 14.7. The number of furan rings is 1. The summed E-state index contributed by atoms with van der Waals surface area (Å²) in [5.41, 5.74) is 1.76. The molecule has 0 saturated carbocycles. The summed E-state index contributed by atoms with van der Waals surface area (Å²) >= 11 is 7.37. The van der Waals surface area contributed by atoms with Crippen LogP contribution in [0.3, 0.4) is 0 Å². The highest BCUT2D eigenvalue weighted by Gasteiger charge is 2.37. The van der Waals surface area contributed by atoms with Gasteiger partial charge in [0.1, 0.15) is 23.3 Å². The Morgan fingerprint density at radius 3 is 2.63 bits per heavy atom. The molecule has 234 valence electrons. The average molecular weight is 657 g/mol. The highest BCUT2D eigenvalue weighted by molar-refractivity contribution is 7.07. The molecule has 0 aliphatic carbocycles. The van der Waals surface area contributed by atoms with Crippen molar-refractivity contribution in [3.05, 3.63) is 120 Å². The number of hydrogen-bond donors (Lipinski definition) is 1. The number of aromatic nitrogens is 1. The molecular weight excluding hydrogens is 628 g/mol. The van der Waals surface area contributed by atoms with E-state index in [4.69, 9.17) is 30.5 Å². The summed E-state index contributed by atoms with van der Waals surface area (Å²) in [5, 5.41) is 11.1. The van der Waals surface area contributed by atoms with Gasteiger partial charge in [-0.1, -0.05) is 72.7 Å². The number of ether oxygens (including phenoxy) is 2. The zero-order chi connectivity index (χ0) is 32.5. The van der Waals surface area contributed by atoms with E-state index in [9.17, 15) is 19.5 Å². The van der Waals surface area contributed by atoms with E-state index >= 15 is 0 Å². The quantitative estimate of drug-likeness (QED) is 0.184. The summed E-state index contributed by atoms with van der Waals surface area (Å²) in [4.78, 5) is 44.6. The third kappa shape index (κ3) is 5.54. The van der Waals surface area contributed by atoms with E-state index in [1.165, 1.54) is 23.5 Å². The minimum atomic E-state index is -1.13. The molecule has 46 heavy (non-hydrogen) atoms. The molecule has 1 N–H and O–H groups in total. The largest absolute Gasteiger partial charge is 0.496 e. The Bertz CT molecular complexity index is 2230. The number of carboxylic acids is 1. The van der Waals surface area contributed by atoms with E-state index < -0.39 is 18.0 Å². The maximum absolute atomic E-state index is 14.3. The summed E-state index contributed by atoms with van der Waals surface area (Å²) in [6, 6.07) is 18.7. The van der Waals surface area contributed by atoms with Gasteiger partial charge < -0.3 is 19.0 Å². The number of halogens is 1. The van der Waals surface area contributed by atoms with Gasteiger partial charge in [-0.2, -0.15) is 0 Å². The van der Waals surface area contributed by atoms with Gasteiger partial charge >= 0.3 is 11.9 Å². The van der Waals surface area contributed by atoms with Crippen LogP contribution in [0.1, 0.15) is 54.4 Å². The Kier molecular flexibility index (Phi) is 8.66. The first kappa shape index (κ1) is 31.1. The van der Waals surface area contributed by atoms with Gasteiger partial charge in [-0.25, -0.2) is 14.6 Å². The van der Waals surface area contributed by atoms with Crippen LogP contribution >= 0.6 is 22.9 Å². The third-order valence-electron chi connectivity index (χ3n) is 7.70. The fourth-order valence-electron chi connectivity index (χ4n) is 5.69. The molecule has 1 aliphatic heterocycles. The summed E-state index contributed by atoms with van der Waals surface area (Å²) in [7, 11) is 1.56. The number of allylic oxidation sites excluding steroid dienone is 1. The van der Waals surface area contributed by atoms with Crippen LogP contribution in [-0.2, 0) is 9.53 Å². The molecule has 0 amide bonds. The molecule has 3 aromatic carbocycles. The summed E-state index contributed by atoms with van der Waals surface area (Å²) < 4.78 is 19.3. The molecule has 1 aliphatic rings. The lowest BCUT2D eigenvalue weighted by Gasteiger charge is -2.28. The second-order valence-corrected chi connectivity index (χ2v) is 11.9. The van der Waals surface area contributed by atoms with Gasteiger partial charge in [0.05, 0.1) is 40.1 Å². The zero-order valence-electron chi connectivity index (χ0n) is 25.2. The van der Waals surface area contributed by atoms with E-state index in [1.54, 1.807) is 42.9 Å². The molecule has 1 atom stereocenters. The fraction of sp³-hybridized carbons (Fsp3) is 0.200. The minimum absolute atomic E-state index is 0.0136. The van der Waals surface area contributed by atoms with Crippen molar-refractivity contribution in [1.29, 1.82) is 0 Å². The third-order valence-corrected chi connectivity index (χ3v) is 9.00. The first-order valence-corrected chi connectivity index (χ1v) is 15.9. The maximum Gasteiger partial charge on any atom is 0.338 e. The van der Waals surface area contributed by atoms with Crippen LogP contribution in [0.15, 0.2) is 92.2 Å². The van der Waals surface area contributed by atoms with Gasteiger partial charge in [-0.3, -0.25) is 9.36 Å². The van der Waals surface area contributed by atoms with Gasteiger partial charge in [-0.15, -0.1) is 0 Å². The lowest BCUT2D eigenvalue weighted by Crippen LogP contribution is -2.40. The monoisotopic (exact) mass is 656 g/mol. The topological polar surface area (TPSA) is 120 Å². The second-order valence-electron chi connectivity index (χ2n) is 10.5. The number of thiazole rings is 1. The fourth-order valence-corrected chi connectivity index (χ4v) is 6.95. The van der Waals surface area contributed by atoms with Crippen LogP contribution < -0.4 is 19.6 Å². The molecule has 0 spiro atoms. The molecule has 0 unspecified atom stereocenters. The number of carbonyl (C=O) groups is 2. The number of benzene rings is 3. The van der Waals surface area contributed by atoms with Crippen molar-refractivity contribution in [3.63, 3.8) is 0 Å². The van der Waals surface area contributed by atoms with Crippen LogP contribution in [0.5, 0.6) is 5.75 Å². The first-order valence-electron chi connectivity index (χ1n) is 14.7. The Morgan fingerprint density at radius 1 is 1.11 bits per heavy atom. The predicted octanol–water partition coefficient (Wildman–Crippen LogP) is 6.35. The van der Waals surface area contributed by atoms with E-state index in [2.05, 4.69) is 0 Å². The summed E-state index contributed by atoms with van der Waals surface area (Å²) in [6.45, 7) is 3.91. The number of rotatable bonds is 9.